The Morgan fingerprint density at radius 2 is 1.86 bits per heavy atom. The van der Waals surface area contributed by atoms with Crippen LogP contribution in [0.25, 0.3) is 0 Å². The van der Waals surface area contributed by atoms with Gasteiger partial charge in [0.15, 0.2) is 0 Å². The lowest BCUT2D eigenvalue weighted by Gasteiger charge is -2.21. The number of carbonyl (C=O) groups is 1. The van der Waals surface area contributed by atoms with E-state index in [-0.39, 0.29) is 5.91 Å². The second kappa shape index (κ2) is 7.66. The molecule has 0 bridgehead atoms. The Bertz CT molecular complexity index is 578. The van der Waals surface area contributed by atoms with E-state index < -0.39 is 0 Å². The van der Waals surface area contributed by atoms with Crippen LogP contribution < -0.4 is 4.74 Å². The minimum atomic E-state index is 0.0624. The van der Waals surface area contributed by atoms with Crippen molar-refractivity contribution in [3.8, 4) is 5.75 Å². The smallest absolute Gasteiger partial charge is 0.236 e. The van der Waals surface area contributed by atoms with Gasteiger partial charge in [-0.2, -0.15) is 0 Å². The third-order valence-electron chi connectivity index (χ3n) is 3.42. The minimum absolute atomic E-state index is 0.0624. The van der Waals surface area contributed by atoms with Crippen molar-refractivity contribution in [2.45, 2.75) is 13.1 Å². The van der Waals surface area contributed by atoms with E-state index in [0.29, 0.717) is 19.6 Å². The molecule has 1 heterocycles. The van der Waals surface area contributed by atoms with Crippen LogP contribution in [0.15, 0.2) is 47.1 Å². The van der Waals surface area contributed by atoms with Crippen molar-refractivity contribution in [3.05, 3.63) is 54.0 Å². The number of hydrogen-bond donors (Lipinski definition) is 0. The highest BCUT2D eigenvalue weighted by Gasteiger charge is 2.13. The molecule has 5 nitrogen and oxygen atoms in total. The van der Waals surface area contributed by atoms with E-state index in [0.717, 1.165) is 17.1 Å². The molecular weight excluding hydrogens is 280 g/mol. The van der Waals surface area contributed by atoms with Gasteiger partial charge in [0.1, 0.15) is 11.5 Å². The van der Waals surface area contributed by atoms with Crippen molar-refractivity contribution in [3.63, 3.8) is 0 Å². The third kappa shape index (κ3) is 4.63. The Morgan fingerprint density at radius 1 is 1.14 bits per heavy atom. The molecule has 0 aliphatic rings. The van der Waals surface area contributed by atoms with Crippen LogP contribution in [0, 0.1) is 0 Å². The van der Waals surface area contributed by atoms with Gasteiger partial charge in [0, 0.05) is 13.6 Å². The molecule has 1 aromatic heterocycles. The SMILES string of the molecule is COc1ccc(CN(C)CC(=O)N(C)Cc2ccco2)cc1. The Balaban J connectivity index is 1.82. The van der Waals surface area contributed by atoms with E-state index in [9.17, 15) is 4.79 Å². The normalized spacial score (nSPS) is 10.7. The van der Waals surface area contributed by atoms with Gasteiger partial charge >= 0.3 is 0 Å². The van der Waals surface area contributed by atoms with Gasteiger partial charge < -0.3 is 14.1 Å². The van der Waals surface area contributed by atoms with Gasteiger partial charge in [0.05, 0.1) is 26.5 Å². The van der Waals surface area contributed by atoms with Crippen LogP contribution in [0.2, 0.25) is 0 Å². The Morgan fingerprint density at radius 3 is 2.45 bits per heavy atom. The largest absolute Gasteiger partial charge is 0.497 e. The molecule has 2 rings (SSSR count). The number of rotatable bonds is 7. The third-order valence-corrected chi connectivity index (χ3v) is 3.42. The number of hydrogen-bond acceptors (Lipinski definition) is 4. The summed E-state index contributed by atoms with van der Waals surface area (Å²) in [5.41, 5.74) is 1.14. The second-order valence-electron chi connectivity index (χ2n) is 5.35. The van der Waals surface area contributed by atoms with Gasteiger partial charge in [0.25, 0.3) is 0 Å². The molecule has 0 unspecified atom stereocenters. The maximum absolute atomic E-state index is 12.2. The van der Waals surface area contributed by atoms with Crippen molar-refractivity contribution in [1.29, 1.82) is 0 Å². The van der Waals surface area contributed by atoms with Gasteiger partial charge in [-0.05, 0) is 36.9 Å². The van der Waals surface area contributed by atoms with Crippen molar-refractivity contribution < 1.29 is 13.9 Å². The maximum atomic E-state index is 12.2. The van der Waals surface area contributed by atoms with E-state index >= 15 is 0 Å². The molecule has 0 radical (unpaired) electrons. The van der Waals surface area contributed by atoms with Crippen LogP contribution >= 0.6 is 0 Å². The summed E-state index contributed by atoms with van der Waals surface area (Å²) in [4.78, 5) is 15.9. The fraction of sp³-hybridized carbons (Fsp3) is 0.353. The zero-order chi connectivity index (χ0) is 15.9. The van der Waals surface area contributed by atoms with E-state index in [2.05, 4.69) is 0 Å². The van der Waals surface area contributed by atoms with Crippen molar-refractivity contribution >= 4 is 5.91 Å². The summed E-state index contributed by atoms with van der Waals surface area (Å²) < 4.78 is 10.4. The summed E-state index contributed by atoms with van der Waals surface area (Å²) >= 11 is 0. The molecule has 0 saturated carbocycles. The van der Waals surface area contributed by atoms with Crippen LogP contribution in [0.4, 0.5) is 0 Å². The van der Waals surface area contributed by atoms with Gasteiger partial charge in [0.2, 0.25) is 5.91 Å². The number of carbonyl (C=O) groups excluding carboxylic acids is 1. The Labute approximate surface area is 131 Å². The van der Waals surface area contributed by atoms with E-state index in [1.165, 1.54) is 0 Å². The zero-order valence-electron chi connectivity index (χ0n) is 13.3. The van der Waals surface area contributed by atoms with Crippen molar-refractivity contribution in [1.82, 2.24) is 9.80 Å². The topological polar surface area (TPSA) is 45.9 Å². The molecule has 118 valence electrons. The van der Waals surface area contributed by atoms with Crippen molar-refractivity contribution in [2.75, 3.05) is 27.7 Å². The van der Waals surface area contributed by atoms with Gasteiger partial charge in [-0.25, -0.2) is 0 Å². The van der Waals surface area contributed by atoms with Gasteiger partial charge in [-0.3, -0.25) is 9.69 Å². The highest BCUT2D eigenvalue weighted by molar-refractivity contribution is 5.77. The molecule has 0 aliphatic heterocycles. The average molecular weight is 302 g/mol. The summed E-state index contributed by atoms with van der Waals surface area (Å²) in [7, 11) is 5.36. The van der Waals surface area contributed by atoms with E-state index in [1.54, 1.807) is 25.3 Å². The molecule has 22 heavy (non-hydrogen) atoms. The minimum Gasteiger partial charge on any atom is -0.497 e. The highest BCUT2D eigenvalue weighted by atomic mass is 16.5. The summed E-state index contributed by atoms with van der Waals surface area (Å²) in [5, 5.41) is 0. The van der Waals surface area contributed by atoms with E-state index in [4.69, 9.17) is 9.15 Å². The number of benzene rings is 1. The Hall–Kier alpha value is -2.27. The fourth-order valence-corrected chi connectivity index (χ4v) is 2.17. The molecule has 1 amide bonds. The molecule has 0 spiro atoms. The second-order valence-corrected chi connectivity index (χ2v) is 5.35. The summed E-state index contributed by atoms with van der Waals surface area (Å²) in [6.07, 6.45) is 1.61. The quantitative estimate of drug-likeness (QED) is 0.788. The first-order chi connectivity index (χ1) is 10.6. The first kappa shape index (κ1) is 16.1. The molecule has 0 N–H and O–H groups in total. The number of furan rings is 1. The number of methoxy groups -OCH3 is 1. The lowest BCUT2D eigenvalue weighted by atomic mass is 10.2. The van der Waals surface area contributed by atoms with Crippen LogP contribution in [0.1, 0.15) is 11.3 Å². The monoisotopic (exact) mass is 302 g/mol. The van der Waals surface area contributed by atoms with Crippen LogP contribution in [-0.4, -0.2) is 43.5 Å². The first-order valence-electron chi connectivity index (χ1n) is 7.16. The molecule has 1 aromatic carbocycles. The Kier molecular flexibility index (Phi) is 5.61. The average Bonchev–Trinajstić information content (AvgIpc) is 3.00. The lowest BCUT2D eigenvalue weighted by Crippen LogP contribution is -2.35. The molecular formula is C17H22N2O3. The van der Waals surface area contributed by atoms with E-state index in [1.807, 2.05) is 48.3 Å². The number of ether oxygens (including phenoxy) is 1. The summed E-state index contributed by atoms with van der Waals surface area (Å²) in [5.74, 6) is 1.68. The predicted octanol–water partition coefficient (Wildman–Crippen LogP) is 2.38. The maximum Gasteiger partial charge on any atom is 0.236 e. The van der Waals surface area contributed by atoms with Gasteiger partial charge in [-0.15, -0.1) is 0 Å². The molecule has 2 aromatic rings. The predicted molar refractivity (Wildman–Crippen MR) is 84.5 cm³/mol. The molecule has 5 heteroatoms. The zero-order valence-corrected chi connectivity index (χ0v) is 13.3. The highest BCUT2D eigenvalue weighted by Crippen LogP contribution is 2.12. The molecule has 0 atom stereocenters. The number of nitrogens with zero attached hydrogens (tertiary/aromatic N) is 2. The fourth-order valence-electron chi connectivity index (χ4n) is 2.17. The summed E-state index contributed by atoms with van der Waals surface area (Å²) in [6, 6.07) is 11.6. The van der Waals surface area contributed by atoms with Crippen LogP contribution in [-0.2, 0) is 17.9 Å². The number of likely N-dealkylation sites (N-methyl/N-ethyl adjacent to an activating group) is 2. The standard InChI is InChI=1S/C17H22N2O3/c1-18(11-14-6-8-15(21-3)9-7-14)13-17(20)19(2)12-16-5-4-10-22-16/h4-10H,11-13H2,1-3H3. The lowest BCUT2D eigenvalue weighted by molar-refractivity contribution is -0.131. The number of amides is 1. The van der Waals surface area contributed by atoms with Crippen LogP contribution in [0.5, 0.6) is 5.75 Å². The molecule has 0 fully saturated rings. The van der Waals surface area contributed by atoms with Crippen molar-refractivity contribution in [2.24, 2.45) is 0 Å². The molecule has 0 saturated heterocycles. The molecule has 0 aliphatic carbocycles. The summed E-state index contributed by atoms with van der Waals surface area (Å²) in [6.45, 7) is 1.57. The first-order valence-corrected chi connectivity index (χ1v) is 7.16. The van der Waals surface area contributed by atoms with Gasteiger partial charge in [-0.1, -0.05) is 12.1 Å². The van der Waals surface area contributed by atoms with Crippen LogP contribution in [0.3, 0.4) is 0 Å².